The van der Waals surface area contributed by atoms with E-state index in [0.717, 1.165) is 11.3 Å². The molecule has 1 aliphatic heterocycles. The normalized spacial score (nSPS) is 16.2. The van der Waals surface area contributed by atoms with Crippen molar-refractivity contribution in [3.8, 4) is 17.2 Å². The highest BCUT2D eigenvalue weighted by Gasteiger charge is 2.35. The van der Waals surface area contributed by atoms with Crippen LogP contribution in [-0.4, -0.2) is 45.9 Å². The molecule has 0 radical (unpaired) electrons. The van der Waals surface area contributed by atoms with Gasteiger partial charge < -0.3 is 19.1 Å². The second kappa shape index (κ2) is 9.09. The summed E-state index contributed by atoms with van der Waals surface area (Å²) in [6.07, 6.45) is 1.65. The van der Waals surface area contributed by atoms with Crippen LogP contribution in [0.5, 0.6) is 17.2 Å². The minimum absolute atomic E-state index is 0.0980. The summed E-state index contributed by atoms with van der Waals surface area (Å²) in [7, 11) is 4.69. The Hall–Kier alpha value is -3.55. The van der Waals surface area contributed by atoms with Gasteiger partial charge in [0.1, 0.15) is 5.75 Å². The number of hydrogen-bond acceptors (Lipinski definition) is 6. The molecule has 0 saturated carbocycles. The number of nitrogens with zero attached hydrogens (tertiary/aromatic N) is 2. The lowest BCUT2D eigenvalue weighted by Gasteiger charge is -2.16. The minimum Gasteiger partial charge on any atom is -0.497 e. The molecule has 2 aromatic rings. The molecule has 29 heavy (non-hydrogen) atoms. The Labute approximate surface area is 169 Å². The van der Waals surface area contributed by atoms with Crippen molar-refractivity contribution in [2.24, 2.45) is 11.0 Å². The minimum atomic E-state index is -0.466. The van der Waals surface area contributed by atoms with Gasteiger partial charge in [0.2, 0.25) is 11.8 Å². The molecule has 0 aromatic heterocycles. The molecular weight excluding hydrogens is 374 g/mol. The van der Waals surface area contributed by atoms with Crippen LogP contribution in [0.25, 0.3) is 0 Å². The molecule has 1 heterocycles. The highest BCUT2D eigenvalue weighted by Crippen LogP contribution is 2.28. The zero-order valence-electron chi connectivity index (χ0n) is 16.5. The van der Waals surface area contributed by atoms with Crippen LogP contribution in [-0.2, 0) is 9.59 Å². The fourth-order valence-corrected chi connectivity index (χ4v) is 3.09. The van der Waals surface area contributed by atoms with Gasteiger partial charge in [-0.05, 0) is 48.0 Å². The maximum absolute atomic E-state index is 12.4. The van der Waals surface area contributed by atoms with Crippen LogP contribution in [0.3, 0.4) is 0 Å². The van der Waals surface area contributed by atoms with Gasteiger partial charge in [0.25, 0.3) is 0 Å². The summed E-state index contributed by atoms with van der Waals surface area (Å²) in [5.74, 6) is 1.02. The average molecular weight is 397 g/mol. The third kappa shape index (κ3) is 4.66. The molecule has 152 valence electrons. The Bertz CT molecular complexity index is 911. The molecule has 3 rings (SSSR count). The van der Waals surface area contributed by atoms with Gasteiger partial charge in [-0.3, -0.25) is 9.59 Å². The van der Waals surface area contributed by atoms with Crippen molar-refractivity contribution in [3.63, 3.8) is 0 Å². The van der Waals surface area contributed by atoms with Crippen LogP contribution < -0.4 is 24.5 Å². The fourth-order valence-electron chi connectivity index (χ4n) is 3.09. The maximum atomic E-state index is 12.4. The van der Waals surface area contributed by atoms with E-state index in [2.05, 4.69) is 10.5 Å². The lowest BCUT2D eigenvalue weighted by Crippen LogP contribution is -2.30. The van der Waals surface area contributed by atoms with Crippen LogP contribution in [0.4, 0.5) is 5.69 Å². The van der Waals surface area contributed by atoms with E-state index in [4.69, 9.17) is 14.2 Å². The Morgan fingerprint density at radius 2 is 1.79 bits per heavy atom. The first kappa shape index (κ1) is 20.2. The highest BCUT2D eigenvalue weighted by atomic mass is 16.5. The number of hydrazone groups is 1. The molecule has 0 aliphatic carbocycles. The molecule has 1 saturated heterocycles. The van der Waals surface area contributed by atoms with E-state index < -0.39 is 5.92 Å². The molecule has 0 bridgehead atoms. The number of hydrogen-bond donors (Lipinski definition) is 1. The number of methoxy groups -OCH3 is 3. The van der Waals surface area contributed by atoms with Crippen molar-refractivity contribution in [1.29, 1.82) is 0 Å². The summed E-state index contributed by atoms with van der Waals surface area (Å²) >= 11 is 0. The SMILES string of the molecule is COc1ccc(N2CC(C(=O)N/N=C/c3ccc(OC)c(OC)c3)CC2=O)cc1. The van der Waals surface area contributed by atoms with Gasteiger partial charge in [-0.2, -0.15) is 5.10 Å². The van der Waals surface area contributed by atoms with Gasteiger partial charge in [0, 0.05) is 18.7 Å². The standard InChI is InChI=1S/C21H23N3O5/c1-27-17-7-5-16(6-8-17)24-13-15(11-20(24)25)21(26)23-22-12-14-4-9-18(28-2)19(10-14)29-3/h4-10,12,15H,11,13H2,1-3H3,(H,23,26)/b22-12+. The smallest absolute Gasteiger partial charge is 0.245 e. The van der Waals surface area contributed by atoms with Gasteiger partial charge in [-0.15, -0.1) is 0 Å². The Morgan fingerprint density at radius 3 is 2.45 bits per heavy atom. The second-order valence-electron chi connectivity index (χ2n) is 6.45. The van der Waals surface area contributed by atoms with Gasteiger partial charge >= 0.3 is 0 Å². The van der Waals surface area contributed by atoms with Crippen LogP contribution in [0.15, 0.2) is 47.6 Å². The number of carbonyl (C=O) groups is 2. The van der Waals surface area contributed by atoms with E-state index in [1.807, 2.05) is 0 Å². The monoisotopic (exact) mass is 397 g/mol. The van der Waals surface area contributed by atoms with E-state index in [1.165, 1.54) is 6.21 Å². The van der Waals surface area contributed by atoms with Gasteiger partial charge in [-0.1, -0.05) is 0 Å². The summed E-state index contributed by atoms with van der Waals surface area (Å²) in [5.41, 5.74) is 3.99. The molecule has 1 N–H and O–H groups in total. The molecular formula is C21H23N3O5. The summed E-state index contributed by atoms with van der Waals surface area (Å²) in [5, 5.41) is 4.00. The molecule has 8 heteroatoms. The lowest BCUT2D eigenvalue weighted by atomic mass is 10.1. The first-order valence-corrected chi connectivity index (χ1v) is 9.05. The van der Waals surface area contributed by atoms with E-state index >= 15 is 0 Å². The predicted octanol–water partition coefficient (Wildman–Crippen LogP) is 2.22. The second-order valence-corrected chi connectivity index (χ2v) is 6.45. The van der Waals surface area contributed by atoms with Gasteiger partial charge in [-0.25, -0.2) is 5.43 Å². The average Bonchev–Trinajstić information content (AvgIpc) is 3.15. The van der Waals surface area contributed by atoms with Crippen molar-refractivity contribution >= 4 is 23.7 Å². The molecule has 1 fully saturated rings. The van der Waals surface area contributed by atoms with Crippen molar-refractivity contribution < 1.29 is 23.8 Å². The number of nitrogens with one attached hydrogen (secondary N) is 1. The van der Waals surface area contributed by atoms with Gasteiger partial charge in [0.05, 0.1) is 33.5 Å². The zero-order chi connectivity index (χ0) is 20.8. The Kier molecular flexibility index (Phi) is 6.33. The Morgan fingerprint density at radius 1 is 1.07 bits per heavy atom. The number of amides is 2. The van der Waals surface area contributed by atoms with E-state index in [-0.39, 0.29) is 18.2 Å². The number of benzene rings is 2. The molecule has 1 atom stereocenters. The third-order valence-electron chi connectivity index (χ3n) is 4.68. The molecule has 0 spiro atoms. The molecule has 8 nitrogen and oxygen atoms in total. The summed E-state index contributed by atoms with van der Waals surface area (Å²) in [4.78, 5) is 26.3. The lowest BCUT2D eigenvalue weighted by molar-refractivity contribution is -0.126. The molecule has 1 aliphatic rings. The molecule has 2 amide bonds. The van der Waals surface area contributed by atoms with Crippen molar-refractivity contribution in [3.05, 3.63) is 48.0 Å². The van der Waals surface area contributed by atoms with E-state index in [1.54, 1.807) is 68.7 Å². The highest BCUT2D eigenvalue weighted by molar-refractivity contribution is 6.00. The number of ether oxygens (including phenoxy) is 3. The van der Waals surface area contributed by atoms with E-state index in [0.29, 0.717) is 23.8 Å². The molecule has 2 aromatic carbocycles. The first-order valence-electron chi connectivity index (χ1n) is 9.05. The quantitative estimate of drug-likeness (QED) is 0.572. The van der Waals surface area contributed by atoms with Crippen LogP contribution >= 0.6 is 0 Å². The van der Waals surface area contributed by atoms with Crippen LogP contribution in [0.2, 0.25) is 0 Å². The number of carbonyl (C=O) groups excluding carboxylic acids is 2. The molecule has 1 unspecified atom stereocenters. The Balaban J connectivity index is 1.59. The summed E-state index contributed by atoms with van der Waals surface area (Å²) in [6, 6.07) is 12.5. The predicted molar refractivity (Wildman–Crippen MR) is 109 cm³/mol. The van der Waals surface area contributed by atoms with Crippen molar-refractivity contribution in [2.45, 2.75) is 6.42 Å². The first-order chi connectivity index (χ1) is 14.0. The summed E-state index contributed by atoms with van der Waals surface area (Å²) in [6.45, 7) is 0.308. The largest absolute Gasteiger partial charge is 0.497 e. The van der Waals surface area contributed by atoms with Crippen molar-refractivity contribution in [2.75, 3.05) is 32.8 Å². The summed E-state index contributed by atoms with van der Waals surface area (Å²) < 4.78 is 15.6. The topological polar surface area (TPSA) is 89.5 Å². The van der Waals surface area contributed by atoms with E-state index in [9.17, 15) is 9.59 Å². The third-order valence-corrected chi connectivity index (χ3v) is 4.68. The number of rotatable bonds is 7. The van der Waals surface area contributed by atoms with Crippen molar-refractivity contribution in [1.82, 2.24) is 5.43 Å². The zero-order valence-corrected chi connectivity index (χ0v) is 16.5. The number of anilines is 1. The maximum Gasteiger partial charge on any atom is 0.245 e. The van der Waals surface area contributed by atoms with Crippen LogP contribution in [0.1, 0.15) is 12.0 Å². The van der Waals surface area contributed by atoms with Crippen LogP contribution in [0, 0.1) is 5.92 Å². The fraction of sp³-hybridized carbons (Fsp3) is 0.286. The van der Waals surface area contributed by atoms with Gasteiger partial charge in [0.15, 0.2) is 11.5 Å².